The fraction of sp³-hybridized carbons (Fsp3) is 0.667. The molecule has 3 heteroatoms. The van der Waals surface area contributed by atoms with Gasteiger partial charge in [-0.05, 0) is 6.42 Å². The van der Waals surface area contributed by atoms with Crippen molar-refractivity contribution in [2.45, 2.75) is 36.4 Å². The lowest BCUT2D eigenvalue weighted by Crippen LogP contribution is -2.36. The number of terminal acetylenes is 1. The van der Waals surface area contributed by atoms with Gasteiger partial charge in [-0.1, -0.05) is 41.0 Å². The summed E-state index contributed by atoms with van der Waals surface area (Å²) in [6.07, 6.45) is 6.97. The molecule has 0 rings (SSSR count). The molecule has 12 heavy (non-hydrogen) atoms. The first-order chi connectivity index (χ1) is 5.54. The van der Waals surface area contributed by atoms with Gasteiger partial charge in [-0.15, -0.1) is 6.42 Å². The highest BCUT2D eigenvalue weighted by atomic mass is 79.9. The molecule has 0 aromatic heterocycles. The number of hydrogen-bond acceptors (Lipinski definition) is 1. The molecule has 0 amide bonds. The van der Waals surface area contributed by atoms with Gasteiger partial charge >= 0.3 is 0 Å². The number of rotatable bonds is 4. The first-order valence-corrected chi connectivity index (χ1v) is 8.22. The van der Waals surface area contributed by atoms with E-state index in [-0.39, 0.29) is 4.45 Å². The Morgan fingerprint density at radius 1 is 1.58 bits per heavy atom. The second kappa shape index (κ2) is 5.40. The monoisotopic (exact) mass is 243 g/mol. The minimum absolute atomic E-state index is 0.240. The molecule has 1 atom stereocenters. The van der Waals surface area contributed by atoms with Crippen LogP contribution in [0.1, 0.15) is 12.8 Å². The van der Waals surface area contributed by atoms with E-state index in [9.17, 15) is 0 Å². The molecule has 0 heterocycles. The minimum Gasteiger partial charge on any atom is -0.198 e. The van der Waals surface area contributed by atoms with Crippen LogP contribution in [0, 0.1) is 23.7 Å². The van der Waals surface area contributed by atoms with Crippen LogP contribution in [0.3, 0.4) is 0 Å². The molecular formula is C9H14BrNSi. The van der Waals surface area contributed by atoms with Crippen LogP contribution in [-0.4, -0.2) is 12.5 Å². The number of hydrogen-bond donors (Lipinski definition) is 0. The zero-order valence-corrected chi connectivity index (χ0v) is 10.2. The summed E-state index contributed by atoms with van der Waals surface area (Å²) in [7, 11) is -1.31. The Hall–Kier alpha value is -0.253. The van der Waals surface area contributed by atoms with E-state index in [1.165, 1.54) is 0 Å². The lowest BCUT2D eigenvalue weighted by atomic mass is 10.4. The predicted molar refractivity (Wildman–Crippen MR) is 58.7 cm³/mol. The molecular weight excluding hydrogens is 230 g/mol. The first-order valence-electron chi connectivity index (χ1n) is 4.01. The summed E-state index contributed by atoms with van der Waals surface area (Å²) in [5, 5.41) is 8.37. The summed E-state index contributed by atoms with van der Waals surface area (Å²) in [5.41, 5.74) is 0. The number of alkyl halides is 1. The van der Waals surface area contributed by atoms with Gasteiger partial charge in [0.1, 0.15) is 0 Å². The summed E-state index contributed by atoms with van der Waals surface area (Å²) >= 11 is 3.49. The molecule has 0 saturated heterocycles. The highest BCUT2D eigenvalue weighted by Crippen LogP contribution is 2.22. The Labute approximate surface area is 84.3 Å². The van der Waals surface area contributed by atoms with Crippen molar-refractivity contribution in [3.8, 4) is 18.4 Å². The highest BCUT2D eigenvalue weighted by molar-refractivity contribution is 9.10. The molecule has 0 N–H and O–H groups in total. The van der Waals surface area contributed by atoms with E-state index >= 15 is 0 Å². The maximum absolute atomic E-state index is 8.37. The van der Waals surface area contributed by atoms with Crippen molar-refractivity contribution in [2.75, 3.05) is 0 Å². The molecule has 1 unspecified atom stereocenters. The van der Waals surface area contributed by atoms with Gasteiger partial charge in [0.15, 0.2) is 0 Å². The second-order valence-corrected chi connectivity index (χ2v) is 10.3. The predicted octanol–water partition coefficient (Wildman–Crippen LogP) is 2.93. The molecule has 0 fully saturated rings. The zero-order chi connectivity index (χ0) is 9.61. The van der Waals surface area contributed by atoms with E-state index < -0.39 is 8.07 Å². The summed E-state index contributed by atoms with van der Waals surface area (Å²) < 4.78 is 0.240. The number of unbranched alkanes of at least 4 members (excludes halogenated alkanes) is 1. The average molecular weight is 244 g/mol. The normalized spacial score (nSPS) is 13.1. The van der Waals surface area contributed by atoms with Crippen LogP contribution < -0.4 is 0 Å². The maximum atomic E-state index is 8.37. The largest absolute Gasteiger partial charge is 0.198 e. The van der Waals surface area contributed by atoms with Crippen LogP contribution in [0.2, 0.25) is 19.1 Å². The van der Waals surface area contributed by atoms with Crippen LogP contribution in [0.5, 0.6) is 0 Å². The summed E-state index contributed by atoms with van der Waals surface area (Å²) in [4.78, 5) is 0. The second-order valence-electron chi connectivity index (χ2n) is 3.53. The molecule has 0 aliphatic heterocycles. The third-order valence-electron chi connectivity index (χ3n) is 1.94. The molecule has 1 nitrogen and oxygen atoms in total. The number of halogens is 1. The molecule has 0 aliphatic carbocycles. The van der Waals surface area contributed by atoms with E-state index in [1.807, 2.05) is 0 Å². The molecule has 0 radical (unpaired) electrons. The molecule has 0 aromatic carbocycles. The third kappa shape index (κ3) is 3.95. The molecule has 0 bridgehead atoms. The Morgan fingerprint density at radius 3 is 2.58 bits per heavy atom. The van der Waals surface area contributed by atoms with Gasteiger partial charge in [-0.25, -0.2) is 0 Å². The fourth-order valence-corrected chi connectivity index (χ4v) is 3.45. The van der Waals surface area contributed by atoms with Gasteiger partial charge in [0.05, 0.1) is 18.6 Å². The van der Waals surface area contributed by atoms with Gasteiger partial charge in [0.2, 0.25) is 0 Å². The Bertz CT molecular complexity index is 212. The molecule has 0 spiro atoms. The summed E-state index contributed by atoms with van der Waals surface area (Å²) in [6, 6.07) is 3.28. The van der Waals surface area contributed by atoms with Crippen molar-refractivity contribution in [3.63, 3.8) is 0 Å². The van der Waals surface area contributed by atoms with Crippen molar-refractivity contribution in [2.24, 2.45) is 0 Å². The lowest BCUT2D eigenvalue weighted by Gasteiger charge is -2.23. The lowest BCUT2D eigenvalue weighted by molar-refractivity contribution is 0.940. The highest BCUT2D eigenvalue weighted by Gasteiger charge is 2.27. The van der Waals surface area contributed by atoms with E-state index in [4.69, 9.17) is 11.7 Å². The SMILES string of the molecule is C#CC(Br)[Si](C)(C)CCCC#N. The van der Waals surface area contributed by atoms with Crippen LogP contribution in [0.25, 0.3) is 0 Å². The Kier molecular flexibility index (Phi) is 5.29. The van der Waals surface area contributed by atoms with Crippen molar-refractivity contribution < 1.29 is 0 Å². The third-order valence-corrected chi connectivity index (χ3v) is 9.11. The maximum Gasteiger partial charge on any atom is 0.0778 e. The van der Waals surface area contributed by atoms with Gasteiger partial charge in [0, 0.05) is 6.42 Å². The first kappa shape index (κ1) is 11.7. The zero-order valence-electron chi connectivity index (χ0n) is 7.60. The Balaban J connectivity index is 3.90. The fourth-order valence-electron chi connectivity index (χ4n) is 0.975. The van der Waals surface area contributed by atoms with E-state index in [0.29, 0.717) is 6.42 Å². The average Bonchev–Trinajstić information content (AvgIpc) is 2.03. The van der Waals surface area contributed by atoms with E-state index in [1.54, 1.807) is 0 Å². The van der Waals surface area contributed by atoms with Gasteiger partial charge in [-0.3, -0.25) is 0 Å². The molecule has 66 valence electrons. The quantitative estimate of drug-likeness (QED) is 0.323. The summed E-state index contributed by atoms with van der Waals surface area (Å²) in [6.45, 7) is 4.51. The number of nitrogens with zero attached hydrogens (tertiary/aromatic N) is 1. The van der Waals surface area contributed by atoms with Crippen molar-refractivity contribution in [3.05, 3.63) is 0 Å². The van der Waals surface area contributed by atoms with E-state index in [0.717, 1.165) is 12.5 Å². The van der Waals surface area contributed by atoms with Gasteiger partial charge < -0.3 is 0 Å². The van der Waals surface area contributed by atoms with Crippen molar-refractivity contribution >= 4 is 24.0 Å². The van der Waals surface area contributed by atoms with Crippen molar-refractivity contribution in [1.29, 1.82) is 5.26 Å². The topological polar surface area (TPSA) is 23.8 Å². The van der Waals surface area contributed by atoms with Gasteiger partial charge in [0.25, 0.3) is 0 Å². The Morgan fingerprint density at radius 2 is 2.17 bits per heavy atom. The van der Waals surface area contributed by atoms with Crippen LogP contribution in [-0.2, 0) is 0 Å². The minimum atomic E-state index is -1.31. The van der Waals surface area contributed by atoms with Crippen LogP contribution >= 0.6 is 15.9 Å². The summed E-state index contributed by atoms with van der Waals surface area (Å²) in [5.74, 6) is 2.73. The molecule has 0 aliphatic rings. The molecule has 0 aromatic rings. The smallest absolute Gasteiger partial charge is 0.0778 e. The van der Waals surface area contributed by atoms with Crippen LogP contribution in [0.15, 0.2) is 0 Å². The van der Waals surface area contributed by atoms with E-state index in [2.05, 4.69) is 41.0 Å². The van der Waals surface area contributed by atoms with Gasteiger partial charge in [-0.2, -0.15) is 5.26 Å². The molecule has 0 saturated carbocycles. The number of nitriles is 1. The standard InChI is InChI=1S/C9H14BrNSi/c1-4-9(10)12(2,3)8-6-5-7-11/h1,9H,5-6,8H2,2-3H3. The van der Waals surface area contributed by atoms with Crippen molar-refractivity contribution in [1.82, 2.24) is 0 Å². The van der Waals surface area contributed by atoms with Crippen LogP contribution in [0.4, 0.5) is 0 Å².